The fourth-order valence-corrected chi connectivity index (χ4v) is 0. The molecule has 0 aliphatic heterocycles. The second-order valence-corrected chi connectivity index (χ2v) is 0. The van der Waals surface area contributed by atoms with Crippen LogP contribution in [0.1, 0.15) is 5.71 Å². The third-order valence-corrected chi connectivity index (χ3v) is 0. The summed E-state index contributed by atoms with van der Waals surface area (Å²) in [5.41, 5.74) is 0. The summed E-state index contributed by atoms with van der Waals surface area (Å²) in [7, 11) is 0. The maximum absolute atomic E-state index is 0. The minimum Gasteiger partial charge on any atom is -1.00 e. The molecular formula is H7BLi4. The van der Waals surface area contributed by atoms with Crippen LogP contribution in [0, 0.1) is 0 Å². The van der Waals surface area contributed by atoms with Crippen molar-refractivity contribution in [3.63, 3.8) is 0 Å². The predicted octanol–water partition coefficient (Wildman–Crippen LogP) is -12.7. The van der Waals surface area contributed by atoms with Crippen LogP contribution in [0.25, 0.3) is 0 Å². The molecule has 0 saturated carbocycles. The fraction of sp³-hybridized carbons (Fsp3) is 0. The van der Waals surface area contributed by atoms with Crippen molar-refractivity contribution < 1.29 is 81.1 Å². The average Bonchev–Trinajstić information content (AvgIpc) is 0. The second-order valence-electron chi connectivity index (χ2n) is 0. The van der Waals surface area contributed by atoms with E-state index in [1.165, 1.54) is 0 Å². The van der Waals surface area contributed by atoms with Crippen molar-refractivity contribution in [1.82, 2.24) is 0 Å². The van der Waals surface area contributed by atoms with Gasteiger partial charge in [0.1, 0.15) is 0 Å². The van der Waals surface area contributed by atoms with Crippen molar-refractivity contribution in [2.45, 2.75) is 0 Å². The minimum atomic E-state index is 0. The van der Waals surface area contributed by atoms with Crippen molar-refractivity contribution in [3.05, 3.63) is 0 Å². The molecular weight excluding hydrogens is 38.6 g/mol. The van der Waals surface area contributed by atoms with Gasteiger partial charge < -0.3 is 5.71 Å². The zero-order valence-corrected chi connectivity index (χ0v) is 4.00. The van der Waals surface area contributed by atoms with Gasteiger partial charge in [0.2, 0.25) is 0 Å². The molecule has 0 nitrogen and oxygen atoms in total. The molecule has 0 atom stereocenters. The van der Waals surface area contributed by atoms with Gasteiger partial charge in [-0.05, 0) is 0 Å². The monoisotopic (exact) mass is 46.1 g/mol. The Bertz CT molecular complexity index is 12.5. The summed E-state index contributed by atoms with van der Waals surface area (Å²) in [6.07, 6.45) is 0. The van der Waals surface area contributed by atoms with Crippen LogP contribution in [0.2, 0.25) is 0 Å². The quantitative estimate of drug-likeness (QED) is 0.237. The molecule has 0 aromatic rings. The maximum atomic E-state index is 0. The molecule has 0 aromatic carbocycles. The zero-order valence-electron chi connectivity index (χ0n) is 8.00. The summed E-state index contributed by atoms with van der Waals surface area (Å²) in [6.45, 7) is 0. The second kappa shape index (κ2) is 31.9. The third-order valence-electron chi connectivity index (χ3n) is 0. The fourth-order valence-electron chi connectivity index (χ4n) is 0. The van der Waals surface area contributed by atoms with Crippen molar-refractivity contribution in [3.8, 4) is 0 Å². The summed E-state index contributed by atoms with van der Waals surface area (Å²) in [5.74, 6) is 0. The van der Waals surface area contributed by atoms with E-state index < -0.39 is 0 Å². The Kier molecular flexibility index (Phi) is 329. The Balaban J connectivity index is 0. The maximum Gasteiger partial charge on any atom is 1.00 e. The molecule has 0 fully saturated rings. The van der Waals surface area contributed by atoms with E-state index in [9.17, 15) is 0 Å². The molecule has 0 aliphatic carbocycles. The summed E-state index contributed by atoms with van der Waals surface area (Å²) < 4.78 is 0. The van der Waals surface area contributed by atoms with Crippen molar-refractivity contribution in [2.24, 2.45) is 0 Å². The standard InChI is InChI=1S/BH3.4Li.4H/h1H3;;;;;;;;/q;4*+1;4*-1. The summed E-state index contributed by atoms with van der Waals surface area (Å²) in [6, 6.07) is 0. The van der Waals surface area contributed by atoms with Gasteiger partial charge in [0.15, 0.2) is 0 Å². The first-order valence-electron chi connectivity index (χ1n) is 0. The SMILES string of the molecule is B.[H-].[H-].[H-].[H-].[Li+].[Li+].[Li+].[Li+]. The van der Waals surface area contributed by atoms with Crippen LogP contribution in [0.3, 0.4) is 0 Å². The molecule has 0 N–H and O–H groups in total. The molecule has 0 rings (SSSR count). The molecule has 0 heterocycles. The summed E-state index contributed by atoms with van der Waals surface area (Å²) in [4.78, 5) is 0. The van der Waals surface area contributed by atoms with Crippen LogP contribution >= 0.6 is 0 Å². The van der Waals surface area contributed by atoms with Gasteiger partial charge in [-0.1, -0.05) is 0 Å². The minimum absolute atomic E-state index is 0. The van der Waals surface area contributed by atoms with Gasteiger partial charge in [-0.3, -0.25) is 0 Å². The van der Waals surface area contributed by atoms with Gasteiger partial charge in [0, 0.05) is 0 Å². The Morgan fingerprint density at radius 1 is 0.600 bits per heavy atom. The van der Waals surface area contributed by atoms with Gasteiger partial charge in [-0.2, -0.15) is 0 Å². The normalized spacial score (nSPS) is 0. The molecule has 0 radical (unpaired) electrons. The van der Waals surface area contributed by atoms with E-state index in [2.05, 4.69) is 0 Å². The topological polar surface area (TPSA) is 0 Å². The third kappa shape index (κ3) is 21.3. The van der Waals surface area contributed by atoms with Crippen LogP contribution in [0.4, 0.5) is 0 Å². The first-order chi connectivity index (χ1) is 0. The van der Waals surface area contributed by atoms with Crippen molar-refractivity contribution in [1.29, 1.82) is 0 Å². The number of rotatable bonds is 0. The Morgan fingerprint density at radius 2 is 0.600 bits per heavy atom. The van der Waals surface area contributed by atoms with Gasteiger partial charge in [0.25, 0.3) is 0 Å². The first-order valence-corrected chi connectivity index (χ1v) is 0. The van der Waals surface area contributed by atoms with Crippen LogP contribution < -0.4 is 75.4 Å². The van der Waals surface area contributed by atoms with Crippen LogP contribution in [0.15, 0.2) is 0 Å². The molecule has 5 heteroatoms. The molecule has 0 amide bonds. The largest absolute Gasteiger partial charge is 1.00 e. The van der Waals surface area contributed by atoms with Gasteiger partial charge in [-0.15, -0.1) is 0 Å². The van der Waals surface area contributed by atoms with E-state index in [-0.39, 0.29) is 89.6 Å². The van der Waals surface area contributed by atoms with Crippen LogP contribution in [-0.4, -0.2) is 8.41 Å². The Labute approximate surface area is 88.8 Å². The van der Waals surface area contributed by atoms with Gasteiger partial charge >= 0.3 is 75.4 Å². The molecule has 0 aromatic heterocycles. The molecule has 0 spiro atoms. The van der Waals surface area contributed by atoms with E-state index in [0.717, 1.165) is 0 Å². The van der Waals surface area contributed by atoms with Crippen molar-refractivity contribution in [2.75, 3.05) is 0 Å². The number of hydrogen-bond acceptors (Lipinski definition) is 0. The molecule has 0 aliphatic rings. The molecule has 0 unspecified atom stereocenters. The van der Waals surface area contributed by atoms with Crippen LogP contribution in [-0.2, 0) is 0 Å². The number of hydrogen-bond donors (Lipinski definition) is 0. The zero-order chi connectivity index (χ0) is 0. The van der Waals surface area contributed by atoms with E-state index >= 15 is 0 Å². The van der Waals surface area contributed by atoms with Crippen LogP contribution in [0.5, 0.6) is 0 Å². The van der Waals surface area contributed by atoms with E-state index in [1.54, 1.807) is 0 Å². The van der Waals surface area contributed by atoms with E-state index in [1.807, 2.05) is 0 Å². The molecule has 0 saturated heterocycles. The first kappa shape index (κ1) is 51.5. The molecule has 0 bridgehead atoms. The predicted molar refractivity (Wildman–Crippen MR) is 14.4 cm³/mol. The molecule has 5 heavy (non-hydrogen) atoms. The molecule has 14 valence electrons. The van der Waals surface area contributed by atoms with E-state index in [0.29, 0.717) is 0 Å². The summed E-state index contributed by atoms with van der Waals surface area (Å²) >= 11 is 0. The summed E-state index contributed by atoms with van der Waals surface area (Å²) in [5, 5.41) is 0. The smallest absolute Gasteiger partial charge is 1.00 e. The Hall–Kier alpha value is 2.45. The Morgan fingerprint density at radius 3 is 0.600 bits per heavy atom. The van der Waals surface area contributed by atoms with E-state index in [4.69, 9.17) is 0 Å². The average molecular weight is 45.6 g/mol. The van der Waals surface area contributed by atoms with Gasteiger partial charge in [-0.25, -0.2) is 0 Å². The van der Waals surface area contributed by atoms with Crippen molar-refractivity contribution >= 4 is 8.41 Å². The van der Waals surface area contributed by atoms with Gasteiger partial charge in [0.05, 0.1) is 8.41 Å².